The zero-order valence-electron chi connectivity index (χ0n) is 17.4. The van der Waals surface area contributed by atoms with Crippen LogP contribution in [0.4, 0.5) is 4.79 Å². The summed E-state index contributed by atoms with van der Waals surface area (Å²) in [6, 6.07) is -2.34. The van der Waals surface area contributed by atoms with Crippen molar-refractivity contribution in [2.75, 3.05) is 19.0 Å². The fourth-order valence-electron chi connectivity index (χ4n) is 1.75. The van der Waals surface area contributed by atoms with Gasteiger partial charge in [0.05, 0.1) is 0 Å². The fraction of sp³-hybridized carbons (Fsp3) is 0.800. The molecule has 0 aromatic heterocycles. The molecule has 0 radical (unpaired) electrons. The van der Waals surface area contributed by atoms with E-state index < -0.39 is 41.8 Å². The first-order chi connectivity index (χ1) is 11.5. The van der Waals surface area contributed by atoms with Crippen LogP contribution >= 0.6 is 11.8 Å². The van der Waals surface area contributed by atoms with Gasteiger partial charge in [0.15, 0.2) is 0 Å². The fourth-order valence-corrected chi connectivity index (χ4v) is 2.27. The minimum atomic E-state index is -2.37. The number of likely N-dealkylation sites (N-methyl/N-ethyl adjacent to an activating group) is 1. The molecule has 0 aromatic rings. The monoisotopic (exact) mass is 351 g/mol. The van der Waals surface area contributed by atoms with E-state index in [1.165, 1.54) is 7.05 Å². The minimum Gasteiger partial charge on any atom is -0.480 e. The van der Waals surface area contributed by atoms with Gasteiger partial charge in [0.1, 0.15) is 17.7 Å². The van der Waals surface area contributed by atoms with Crippen molar-refractivity contribution in [1.82, 2.24) is 10.2 Å². The lowest BCUT2D eigenvalue weighted by molar-refractivity contribution is -0.149. The molecule has 2 N–H and O–H groups in total. The summed E-state index contributed by atoms with van der Waals surface area (Å²) in [6.45, 7) is 8.42. The zero-order chi connectivity index (χ0) is 20.9. The van der Waals surface area contributed by atoms with Crippen molar-refractivity contribution in [3.05, 3.63) is 0 Å². The van der Waals surface area contributed by atoms with Gasteiger partial charge in [0, 0.05) is 16.9 Å². The molecule has 0 saturated heterocycles. The van der Waals surface area contributed by atoms with Crippen LogP contribution in [0, 0.1) is 5.92 Å². The topological polar surface area (TPSA) is 95.9 Å². The molecule has 0 rings (SSSR count). The Morgan fingerprint density at radius 2 is 1.91 bits per heavy atom. The van der Waals surface area contributed by atoms with Gasteiger partial charge in [0.25, 0.3) is 0 Å². The van der Waals surface area contributed by atoms with E-state index in [0.717, 1.165) is 4.90 Å². The Balaban J connectivity index is 5.23. The van der Waals surface area contributed by atoms with Crippen molar-refractivity contribution >= 4 is 29.7 Å². The minimum absolute atomic E-state index is 0.300. The number of nitrogens with zero attached hydrogens (tertiary/aromatic N) is 1. The second-order valence-electron chi connectivity index (χ2n) is 6.48. The summed E-state index contributed by atoms with van der Waals surface area (Å²) in [6.07, 6.45) is -3.16. The second-order valence-corrected chi connectivity index (χ2v) is 7.10. The predicted molar refractivity (Wildman–Crippen MR) is 90.6 cm³/mol. The molecule has 2 atom stereocenters. The Bertz CT molecular complexity index is 520. The number of carboxylic acids is 1. The number of ether oxygens (including phenoxy) is 1. The molecule has 0 aliphatic rings. The van der Waals surface area contributed by atoms with Crippen LogP contribution in [0.25, 0.3) is 0 Å². The average molecular weight is 351 g/mol. The highest BCUT2D eigenvalue weighted by molar-refractivity contribution is 7.98. The van der Waals surface area contributed by atoms with E-state index in [1.807, 2.05) is 0 Å². The van der Waals surface area contributed by atoms with Gasteiger partial charge >= 0.3 is 12.1 Å². The summed E-state index contributed by atoms with van der Waals surface area (Å²) in [5.74, 6) is -2.59. The lowest BCUT2D eigenvalue weighted by atomic mass is 10.0. The Morgan fingerprint density at radius 3 is 2.30 bits per heavy atom. The van der Waals surface area contributed by atoms with Crippen LogP contribution in [-0.2, 0) is 14.3 Å². The third kappa shape index (κ3) is 7.58. The van der Waals surface area contributed by atoms with E-state index in [1.54, 1.807) is 34.6 Å². The molecular weight excluding hydrogens is 320 g/mol. The molecule has 0 saturated carbocycles. The van der Waals surface area contributed by atoms with E-state index in [-0.39, 0.29) is 11.7 Å². The predicted octanol–water partition coefficient (Wildman–Crippen LogP) is 1.81. The summed E-state index contributed by atoms with van der Waals surface area (Å²) in [5, 5.41) is 11.8. The van der Waals surface area contributed by atoms with Crippen LogP contribution in [-0.4, -0.2) is 64.6 Å². The summed E-state index contributed by atoms with van der Waals surface area (Å²) in [4.78, 5) is 37.1. The lowest BCUT2D eigenvalue weighted by Crippen LogP contribution is -2.55. The van der Waals surface area contributed by atoms with Crippen LogP contribution in [0.5, 0.6) is 0 Å². The van der Waals surface area contributed by atoms with Crippen molar-refractivity contribution < 1.29 is 28.3 Å². The Hall–Kier alpha value is -1.44. The zero-order valence-corrected chi connectivity index (χ0v) is 15.2. The summed E-state index contributed by atoms with van der Waals surface area (Å²) in [5.41, 5.74) is -0.749. The SMILES string of the molecule is [2H]C([2H])([2H])SC[C@@H](C(=O)O)N(C)C(=O)[C@@H](NC(=O)OC(C)(C)C)C(C)C. The average Bonchev–Trinajstić information content (AvgIpc) is 2.40. The molecule has 0 aliphatic carbocycles. The van der Waals surface area contributed by atoms with Gasteiger partial charge in [0.2, 0.25) is 5.91 Å². The number of hydrogen-bond donors (Lipinski definition) is 2. The standard InChI is InChI=1S/C15H28N2O5S/c1-9(2)11(16-14(21)22-15(3,4)5)12(18)17(6)10(8-23-7)13(19)20/h9-11H,8H2,1-7H3,(H,16,21)(H,19,20)/t10-,11-/m0/s1/i7D3. The maximum absolute atomic E-state index is 12.7. The third-order valence-electron chi connectivity index (χ3n) is 2.95. The maximum Gasteiger partial charge on any atom is 0.408 e. The van der Waals surface area contributed by atoms with E-state index in [2.05, 4.69) is 5.32 Å². The van der Waals surface area contributed by atoms with Gasteiger partial charge in [-0.1, -0.05) is 13.8 Å². The summed E-state index contributed by atoms with van der Waals surface area (Å²) >= 11 is 0.471. The quantitative estimate of drug-likeness (QED) is 0.726. The maximum atomic E-state index is 12.7. The highest BCUT2D eigenvalue weighted by atomic mass is 32.2. The van der Waals surface area contributed by atoms with Crippen molar-refractivity contribution in [1.29, 1.82) is 0 Å². The molecule has 0 unspecified atom stereocenters. The molecule has 2 amide bonds. The van der Waals surface area contributed by atoms with Crippen LogP contribution in [0.1, 0.15) is 38.7 Å². The highest BCUT2D eigenvalue weighted by Gasteiger charge is 2.34. The molecule has 8 heteroatoms. The number of alkyl carbamates (subject to hydrolysis) is 1. The van der Waals surface area contributed by atoms with Gasteiger partial charge in [-0.3, -0.25) is 4.79 Å². The highest BCUT2D eigenvalue weighted by Crippen LogP contribution is 2.13. The second kappa shape index (κ2) is 9.00. The molecule has 0 heterocycles. The van der Waals surface area contributed by atoms with E-state index in [9.17, 15) is 19.5 Å². The van der Waals surface area contributed by atoms with E-state index in [0.29, 0.717) is 11.8 Å². The first-order valence-electron chi connectivity index (χ1n) is 8.68. The number of carbonyl (C=O) groups is 3. The number of aliphatic carboxylic acids is 1. The number of hydrogen-bond acceptors (Lipinski definition) is 5. The van der Waals surface area contributed by atoms with Crippen molar-refractivity contribution in [2.45, 2.75) is 52.3 Å². The first-order valence-corrected chi connectivity index (χ1v) is 8.16. The smallest absolute Gasteiger partial charge is 0.408 e. The van der Waals surface area contributed by atoms with Crippen molar-refractivity contribution in [2.24, 2.45) is 5.92 Å². The Morgan fingerprint density at radius 1 is 1.35 bits per heavy atom. The number of amides is 2. The van der Waals surface area contributed by atoms with Crippen LogP contribution < -0.4 is 5.32 Å². The Kier molecular flexibility index (Phi) is 6.43. The number of nitrogens with one attached hydrogen (secondary N) is 1. The Labute approximate surface area is 146 Å². The van der Waals surface area contributed by atoms with Crippen LogP contribution in [0.2, 0.25) is 0 Å². The van der Waals surface area contributed by atoms with Crippen LogP contribution in [0.3, 0.4) is 0 Å². The van der Waals surface area contributed by atoms with Gasteiger partial charge in [-0.2, -0.15) is 11.8 Å². The van der Waals surface area contributed by atoms with Gasteiger partial charge in [-0.15, -0.1) is 0 Å². The number of rotatable bonds is 7. The largest absolute Gasteiger partial charge is 0.480 e. The molecule has 0 fully saturated rings. The van der Waals surface area contributed by atoms with Gasteiger partial charge < -0.3 is 20.1 Å². The summed E-state index contributed by atoms with van der Waals surface area (Å²) in [7, 11) is 1.27. The van der Waals surface area contributed by atoms with Gasteiger partial charge in [-0.05, 0) is 32.9 Å². The molecular formula is C15H28N2O5S. The van der Waals surface area contributed by atoms with E-state index in [4.69, 9.17) is 8.85 Å². The lowest BCUT2D eigenvalue weighted by Gasteiger charge is -2.31. The normalized spacial score (nSPS) is 16.6. The molecule has 23 heavy (non-hydrogen) atoms. The first kappa shape index (κ1) is 16.4. The summed E-state index contributed by atoms with van der Waals surface area (Å²) < 4.78 is 26.6. The third-order valence-corrected chi connectivity index (χ3v) is 3.43. The van der Waals surface area contributed by atoms with Crippen molar-refractivity contribution in [3.8, 4) is 0 Å². The molecule has 0 aromatic carbocycles. The number of carbonyl (C=O) groups excluding carboxylic acids is 2. The molecule has 0 spiro atoms. The molecule has 0 bridgehead atoms. The molecule has 7 nitrogen and oxygen atoms in total. The van der Waals surface area contributed by atoms with Crippen LogP contribution in [0.15, 0.2) is 0 Å². The molecule has 0 aliphatic heterocycles. The number of carboxylic acid groups (broad SMARTS) is 1. The molecule has 134 valence electrons. The van der Waals surface area contributed by atoms with Gasteiger partial charge in [-0.25, -0.2) is 9.59 Å². The number of thioether (sulfide) groups is 1. The van der Waals surface area contributed by atoms with E-state index >= 15 is 0 Å². The van der Waals surface area contributed by atoms with Crippen molar-refractivity contribution in [3.63, 3.8) is 0 Å².